The largest absolute Gasteiger partial charge is 0.341 e. The van der Waals surface area contributed by atoms with E-state index in [0.29, 0.717) is 44.6 Å². The highest BCUT2D eigenvalue weighted by Gasteiger charge is 2.29. The van der Waals surface area contributed by atoms with Crippen LogP contribution in [0.2, 0.25) is 0 Å². The lowest BCUT2D eigenvalue weighted by molar-refractivity contribution is -0.135. The maximum absolute atomic E-state index is 12.4. The van der Waals surface area contributed by atoms with Crippen LogP contribution in [0.3, 0.4) is 0 Å². The lowest BCUT2D eigenvalue weighted by atomic mass is 9.92. The third-order valence-corrected chi connectivity index (χ3v) is 6.55. The molecule has 1 amide bonds. The molecule has 2 unspecified atom stereocenters. The molecule has 2 aliphatic rings. The van der Waals surface area contributed by atoms with Crippen LogP contribution < -0.4 is 0 Å². The molecular formula is C15H29N3O3S. The molecule has 0 N–H and O–H groups in total. The quantitative estimate of drug-likeness (QED) is 0.751. The number of amides is 1. The van der Waals surface area contributed by atoms with Crippen LogP contribution in [-0.2, 0) is 14.8 Å². The highest BCUT2D eigenvalue weighted by atomic mass is 32.2. The molecule has 0 radical (unpaired) electrons. The summed E-state index contributed by atoms with van der Waals surface area (Å²) in [5.41, 5.74) is 0. The molecule has 0 aliphatic carbocycles. The van der Waals surface area contributed by atoms with Gasteiger partial charge in [0.1, 0.15) is 0 Å². The Morgan fingerprint density at radius 1 is 1.05 bits per heavy atom. The summed E-state index contributed by atoms with van der Waals surface area (Å²) >= 11 is 0. The molecule has 22 heavy (non-hydrogen) atoms. The normalized spacial score (nSPS) is 28.8. The van der Waals surface area contributed by atoms with Gasteiger partial charge in [-0.15, -0.1) is 0 Å². The monoisotopic (exact) mass is 331 g/mol. The average molecular weight is 331 g/mol. The Bertz CT molecular complexity index is 476. The van der Waals surface area contributed by atoms with Crippen LogP contribution in [0.1, 0.15) is 27.2 Å². The molecule has 0 aromatic heterocycles. The van der Waals surface area contributed by atoms with Crippen molar-refractivity contribution in [3.8, 4) is 0 Å². The van der Waals surface area contributed by atoms with Crippen LogP contribution in [0.5, 0.6) is 0 Å². The zero-order chi connectivity index (χ0) is 16.3. The number of likely N-dealkylation sites (tertiary alicyclic amines) is 1. The summed E-state index contributed by atoms with van der Waals surface area (Å²) in [5.74, 6) is 1.47. The molecule has 0 bridgehead atoms. The molecule has 2 fully saturated rings. The number of rotatable bonds is 4. The summed E-state index contributed by atoms with van der Waals surface area (Å²) in [5, 5.41) is 0. The molecule has 0 saturated carbocycles. The molecule has 6 nitrogen and oxygen atoms in total. The number of hydrogen-bond donors (Lipinski definition) is 0. The Morgan fingerprint density at radius 2 is 1.59 bits per heavy atom. The van der Waals surface area contributed by atoms with Crippen molar-refractivity contribution >= 4 is 15.9 Å². The van der Waals surface area contributed by atoms with Crippen molar-refractivity contribution in [1.29, 1.82) is 0 Å². The van der Waals surface area contributed by atoms with Gasteiger partial charge in [-0.3, -0.25) is 9.69 Å². The van der Waals surface area contributed by atoms with Crippen LogP contribution in [0.15, 0.2) is 0 Å². The molecule has 2 atom stereocenters. The maximum atomic E-state index is 12.4. The van der Waals surface area contributed by atoms with Gasteiger partial charge in [-0.1, -0.05) is 13.8 Å². The van der Waals surface area contributed by atoms with E-state index in [1.165, 1.54) is 6.42 Å². The number of hydrogen-bond acceptors (Lipinski definition) is 4. The van der Waals surface area contributed by atoms with Gasteiger partial charge in [0.15, 0.2) is 0 Å². The second-order valence-electron chi connectivity index (χ2n) is 6.82. The summed E-state index contributed by atoms with van der Waals surface area (Å²) in [6.07, 6.45) is 1.19. The van der Waals surface area contributed by atoms with Gasteiger partial charge in [-0.25, -0.2) is 8.42 Å². The zero-order valence-corrected chi connectivity index (χ0v) is 14.8. The van der Waals surface area contributed by atoms with E-state index in [2.05, 4.69) is 18.7 Å². The number of carbonyl (C=O) groups is 1. The summed E-state index contributed by atoms with van der Waals surface area (Å²) in [7, 11) is -3.10. The zero-order valence-electron chi connectivity index (χ0n) is 14.0. The number of carbonyl (C=O) groups excluding carboxylic acids is 1. The van der Waals surface area contributed by atoms with Crippen LogP contribution >= 0.6 is 0 Å². The first kappa shape index (κ1) is 17.7. The van der Waals surface area contributed by atoms with Crippen molar-refractivity contribution < 1.29 is 13.2 Å². The molecule has 2 rings (SSSR count). The first-order valence-electron chi connectivity index (χ1n) is 8.29. The molecule has 2 heterocycles. The minimum Gasteiger partial charge on any atom is -0.341 e. The lowest BCUT2D eigenvalue weighted by Gasteiger charge is -2.38. The van der Waals surface area contributed by atoms with Crippen molar-refractivity contribution in [3.05, 3.63) is 0 Å². The van der Waals surface area contributed by atoms with Crippen molar-refractivity contribution in [2.24, 2.45) is 11.8 Å². The van der Waals surface area contributed by atoms with Gasteiger partial charge in [0.2, 0.25) is 15.9 Å². The topological polar surface area (TPSA) is 60.9 Å². The van der Waals surface area contributed by atoms with E-state index in [-0.39, 0.29) is 11.7 Å². The van der Waals surface area contributed by atoms with Crippen LogP contribution in [0, 0.1) is 11.8 Å². The second-order valence-corrected chi connectivity index (χ2v) is 9.08. The Kier molecular flexibility index (Phi) is 5.85. The Hall–Kier alpha value is -0.660. The molecule has 2 aliphatic heterocycles. The van der Waals surface area contributed by atoms with E-state index in [0.717, 1.165) is 13.1 Å². The summed E-state index contributed by atoms with van der Waals surface area (Å²) in [4.78, 5) is 16.5. The van der Waals surface area contributed by atoms with Gasteiger partial charge < -0.3 is 4.90 Å². The molecule has 2 saturated heterocycles. The molecule has 0 aromatic carbocycles. The van der Waals surface area contributed by atoms with Crippen molar-refractivity contribution in [2.45, 2.75) is 27.2 Å². The minimum absolute atomic E-state index is 0.148. The average Bonchev–Trinajstić information content (AvgIpc) is 2.46. The summed E-state index contributed by atoms with van der Waals surface area (Å²) in [6.45, 7) is 10.5. The third kappa shape index (κ3) is 4.43. The van der Waals surface area contributed by atoms with Crippen LogP contribution in [-0.4, -0.2) is 80.0 Å². The standard InChI is InChI=1S/C15H29N3O3S/c1-4-22(20,21)18-7-5-16(6-8-18)12-15(19)17-10-13(2)9-14(3)11-17/h13-14H,4-12H2,1-3H3. The predicted molar refractivity (Wildman–Crippen MR) is 87.0 cm³/mol. The Morgan fingerprint density at radius 3 is 2.09 bits per heavy atom. The first-order chi connectivity index (χ1) is 10.3. The molecule has 128 valence electrons. The highest BCUT2D eigenvalue weighted by Crippen LogP contribution is 2.21. The van der Waals surface area contributed by atoms with Crippen molar-refractivity contribution in [1.82, 2.24) is 14.1 Å². The van der Waals surface area contributed by atoms with E-state index in [9.17, 15) is 13.2 Å². The van der Waals surface area contributed by atoms with Gasteiger partial charge in [0, 0.05) is 39.3 Å². The SMILES string of the molecule is CCS(=O)(=O)N1CCN(CC(=O)N2CC(C)CC(C)C2)CC1. The van der Waals surface area contributed by atoms with E-state index in [4.69, 9.17) is 0 Å². The van der Waals surface area contributed by atoms with Gasteiger partial charge in [-0.05, 0) is 25.2 Å². The summed E-state index contributed by atoms with van der Waals surface area (Å²) < 4.78 is 25.2. The Balaban J connectivity index is 1.82. The van der Waals surface area contributed by atoms with Gasteiger partial charge in [0.25, 0.3) is 0 Å². The molecule has 0 spiro atoms. The fourth-order valence-electron chi connectivity index (χ4n) is 3.51. The Labute approximate surface area is 134 Å². The lowest BCUT2D eigenvalue weighted by Crippen LogP contribution is -2.53. The van der Waals surface area contributed by atoms with Crippen LogP contribution in [0.4, 0.5) is 0 Å². The van der Waals surface area contributed by atoms with Gasteiger partial charge >= 0.3 is 0 Å². The van der Waals surface area contributed by atoms with E-state index in [1.54, 1.807) is 11.2 Å². The maximum Gasteiger partial charge on any atom is 0.236 e. The minimum atomic E-state index is -3.10. The molecular weight excluding hydrogens is 302 g/mol. The molecule has 0 aromatic rings. The van der Waals surface area contributed by atoms with Gasteiger partial charge in [0.05, 0.1) is 12.3 Å². The number of sulfonamides is 1. The van der Waals surface area contributed by atoms with Crippen molar-refractivity contribution in [2.75, 3.05) is 51.6 Å². The van der Waals surface area contributed by atoms with E-state index in [1.807, 2.05) is 4.90 Å². The highest BCUT2D eigenvalue weighted by molar-refractivity contribution is 7.89. The number of piperazine rings is 1. The third-order valence-electron chi connectivity index (χ3n) is 4.67. The smallest absolute Gasteiger partial charge is 0.236 e. The van der Waals surface area contributed by atoms with Gasteiger partial charge in [-0.2, -0.15) is 4.31 Å². The van der Waals surface area contributed by atoms with Crippen molar-refractivity contribution in [3.63, 3.8) is 0 Å². The predicted octanol–water partition coefficient (Wildman–Crippen LogP) is 0.458. The van der Waals surface area contributed by atoms with E-state index < -0.39 is 10.0 Å². The second kappa shape index (κ2) is 7.27. The van der Waals surface area contributed by atoms with Crippen LogP contribution in [0.25, 0.3) is 0 Å². The fraction of sp³-hybridized carbons (Fsp3) is 0.933. The summed E-state index contributed by atoms with van der Waals surface area (Å²) in [6, 6.07) is 0. The number of piperidine rings is 1. The first-order valence-corrected chi connectivity index (χ1v) is 9.90. The number of nitrogens with zero attached hydrogens (tertiary/aromatic N) is 3. The molecule has 7 heteroatoms. The van der Waals surface area contributed by atoms with E-state index >= 15 is 0 Å². The fourth-order valence-corrected chi connectivity index (χ4v) is 4.59.